The minimum atomic E-state index is -0.658. The van der Waals surface area contributed by atoms with Crippen molar-refractivity contribution in [2.24, 2.45) is 0 Å². The predicted molar refractivity (Wildman–Crippen MR) is 126 cm³/mol. The van der Waals surface area contributed by atoms with Gasteiger partial charge in [0.25, 0.3) is 0 Å². The maximum absolute atomic E-state index is 12.6. The van der Waals surface area contributed by atoms with Crippen molar-refractivity contribution in [3.05, 3.63) is 47.3 Å². The van der Waals surface area contributed by atoms with Crippen molar-refractivity contribution in [3.8, 4) is 11.5 Å². The van der Waals surface area contributed by atoms with Crippen LogP contribution in [0.25, 0.3) is 11.0 Å². The average molecular weight is 476 g/mol. The van der Waals surface area contributed by atoms with Crippen LogP contribution in [0.4, 0.5) is 11.4 Å². The number of hydrogen-bond donors (Lipinski definition) is 2. The Hall–Kier alpha value is -3.59. The first-order chi connectivity index (χ1) is 15.4. The molecule has 0 radical (unpaired) electrons. The van der Waals surface area contributed by atoms with Crippen molar-refractivity contribution in [2.45, 2.75) is 27.7 Å². The van der Waals surface area contributed by atoms with Gasteiger partial charge in [-0.05, 0) is 52.0 Å². The number of fused-ring (bicyclic) bond motifs is 1. The molecule has 0 amide bonds. The number of phenols is 1. The van der Waals surface area contributed by atoms with E-state index in [1.165, 1.54) is 18.3 Å². The normalized spacial score (nSPS) is 10.3. The molecule has 1 aromatic carbocycles. The fourth-order valence-electron chi connectivity index (χ4n) is 3.12. The number of aromatic nitrogens is 2. The molecular formula is C23H26ClN3O6. The van der Waals surface area contributed by atoms with Crippen LogP contribution < -0.4 is 10.1 Å². The average Bonchev–Trinajstić information content (AvgIpc) is 2.76. The van der Waals surface area contributed by atoms with E-state index in [9.17, 15) is 14.7 Å². The summed E-state index contributed by atoms with van der Waals surface area (Å²) in [5.41, 5.74) is 2.10. The number of carbonyl (C=O) groups excluding carboxylic acids is 2. The van der Waals surface area contributed by atoms with Crippen LogP contribution in [-0.2, 0) is 9.47 Å². The summed E-state index contributed by atoms with van der Waals surface area (Å²) in [6.07, 6.45) is 1.39. The number of phenolic OH excluding ortho intramolecular Hbond substituents is 1. The Morgan fingerprint density at radius 3 is 2.30 bits per heavy atom. The lowest BCUT2D eigenvalue weighted by molar-refractivity contribution is 0.0515. The van der Waals surface area contributed by atoms with E-state index in [1.807, 2.05) is 13.8 Å². The first-order valence-electron chi connectivity index (χ1n) is 10.3. The summed E-state index contributed by atoms with van der Waals surface area (Å²) in [5, 5.41) is 13.8. The summed E-state index contributed by atoms with van der Waals surface area (Å²) in [6, 6.07) is 6.14. The minimum Gasteiger partial charge on any atom is -0.507 e. The second-order valence-electron chi connectivity index (χ2n) is 6.72. The fraction of sp³-hybridized carbons (Fsp3) is 0.304. The Balaban J connectivity index is 0.00000385. The fourth-order valence-corrected chi connectivity index (χ4v) is 3.12. The van der Waals surface area contributed by atoms with Gasteiger partial charge in [0.2, 0.25) is 0 Å². The molecule has 2 N–H and O–H groups in total. The second kappa shape index (κ2) is 11.3. The standard InChI is InChI=1S/C23H25N3O6.ClH/c1-5-30-19-11-16-20(17(23(29)32-7-3)12-24-21(16)25-13(19)4)26-14-8-9-18(27)15(10-14)22(28)31-6-2;/h8-12,27H,5-7H2,1-4H3,(H,24,25,26);1H. The summed E-state index contributed by atoms with van der Waals surface area (Å²) in [7, 11) is 0. The van der Waals surface area contributed by atoms with Crippen LogP contribution in [-0.4, -0.2) is 46.8 Å². The highest BCUT2D eigenvalue weighted by Gasteiger charge is 2.20. The van der Waals surface area contributed by atoms with E-state index < -0.39 is 11.9 Å². The van der Waals surface area contributed by atoms with Crippen LogP contribution in [0.5, 0.6) is 11.5 Å². The number of aryl methyl sites for hydroxylation is 1. The van der Waals surface area contributed by atoms with Gasteiger partial charge >= 0.3 is 11.9 Å². The lowest BCUT2D eigenvalue weighted by Gasteiger charge is -2.16. The number of aromatic hydroxyl groups is 1. The van der Waals surface area contributed by atoms with Crippen LogP contribution in [0.15, 0.2) is 30.5 Å². The number of carbonyl (C=O) groups is 2. The summed E-state index contributed by atoms with van der Waals surface area (Å²) in [6.45, 7) is 7.87. The molecule has 3 rings (SSSR count). The number of ether oxygens (including phenoxy) is 3. The SMILES string of the molecule is CCOC(=O)c1cc(Nc2c(C(=O)OCC)cnc3nc(C)c(OCC)cc23)ccc1O.Cl. The molecule has 10 heteroatoms. The van der Waals surface area contributed by atoms with Gasteiger partial charge < -0.3 is 24.6 Å². The maximum atomic E-state index is 12.6. The van der Waals surface area contributed by atoms with Gasteiger partial charge in [-0.3, -0.25) is 0 Å². The molecule has 0 fully saturated rings. The molecule has 9 nitrogen and oxygen atoms in total. The summed E-state index contributed by atoms with van der Waals surface area (Å²) < 4.78 is 15.8. The number of rotatable bonds is 8. The summed E-state index contributed by atoms with van der Waals surface area (Å²) in [5.74, 6) is -0.874. The monoisotopic (exact) mass is 475 g/mol. The predicted octanol–water partition coefficient (Wildman–Crippen LogP) is 4.56. The molecule has 0 unspecified atom stereocenters. The quantitative estimate of drug-likeness (QED) is 0.356. The Kier molecular flexibility index (Phi) is 8.81. The number of halogens is 1. The Morgan fingerprint density at radius 1 is 1.00 bits per heavy atom. The van der Waals surface area contributed by atoms with Crippen molar-refractivity contribution < 1.29 is 28.9 Å². The molecule has 0 aliphatic carbocycles. The number of pyridine rings is 2. The third kappa shape index (κ3) is 5.61. The van der Waals surface area contributed by atoms with Gasteiger partial charge in [-0.15, -0.1) is 12.4 Å². The molecule has 0 spiro atoms. The zero-order valence-electron chi connectivity index (χ0n) is 18.8. The molecule has 33 heavy (non-hydrogen) atoms. The molecule has 176 valence electrons. The Morgan fingerprint density at radius 2 is 1.67 bits per heavy atom. The van der Waals surface area contributed by atoms with Crippen LogP contribution in [0.1, 0.15) is 47.2 Å². The van der Waals surface area contributed by atoms with E-state index in [1.54, 1.807) is 26.0 Å². The second-order valence-corrected chi connectivity index (χ2v) is 6.72. The highest BCUT2D eigenvalue weighted by atomic mass is 35.5. The van der Waals surface area contributed by atoms with E-state index in [4.69, 9.17) is 14.2 Å². The third-order valence-corrected chi connectivity index (χ3v) is 4.56. The lowest BCUT2D eigenvalue weighted by Crippen LogP contribution is -2.10. The van der Waals surface area contributed by atoms with E-state index in [0.29, 0.717) is 40.5 Å². The number of nitrogens with zero attached hydrogens (tertiary/aromatic N) is 2. The number of esters is 2. The lowest BCUT2D eigenvalue weighted by atomic mass is 10.1. The Bertz CT molecular complexity index is 1170. The largest absolute Gasteiger partial charge is 0.507 e. The van der Waals surface area contributed by atoms with E-state index in [0.717, 1.165) is 0 Å². The van der Waals surface area contributed by atoms with Gasteiger partial charge in [0.1, 0.15) is 22.6 Å². The van der Waals surface area contributed by atoms with Crippen LogP contribution in [0.3, 0.4) is 0 Å². The zero-order chi connectivity index (χ0) is 23.3. The van der Waals surface area contributed by atoms with E-state index in [2.05, 4.69) is 15.3 Å². The van der Waals surface area contributed by atoms with Crippen molar-refractivity contribution >= 4 is 46.8 Å². The smallest absolute Gasteiger partial charge is 0.341 e. The molecule has 0 saturated carbocycles. The van der Waals surface area contributed by atoms with Gasteiger partial charge in [0.15, 0.2) is 5.65 Å². The van der Waals surface area contributed by atoms with E-state index in [-0.39, 0.29) is 42.5 Å². The molecule has 3 aromatic rings. The molecule has 2 aromatic heterocycles. The van der Waals surface area contributed by atoms with Gasteiger partial charge in [-0.1, -0.05) is 0 Å². The van der Waals surface area contributed by atoms with Gasteiger partial charge in [0, 0.05) is 17.3 Å². The third-order valence-electron chi connectivity index (χ3n) is 4.56. The summed E-state index contributed by atoms with van der Waals surface area (Å²) in [4.78, 5) is 33.6. The van der Waals surface area contributed by atoms with Gasteiger partial charge in [-0.2, -0.15) is 0 Å². The first-order valence-corrected chi connectivity index (χ1v) is 10.3. The van der Waals surface area contributed by atoms with Crippen molar-refractivity contribution in [2.75, 3.05) is 25.1 Å². The van der Waals surface area contributed by atoms with E-state index >= 15 is 0 Å². The minimum absolute atomic E-state index is 0. The number of hydrogen-bond acceptors (Lipinski definition) is 9. The van der Waals surface area contributed by atoms with Crippen molar-refractivity contribution in [1.29, 1.82) is 0 Å². The van der Waals surface area contributed by atoms with Crippen LogP contribution in [0, 0.1) is 6.92 Å². The maximum Gasteiger partial charge on any atom is 0.341 e. The van der Waals surface area contributed by atoms with Gasteiger partial charge in [0.05, 0.1) is 31.2 Å². The molecule has 0 aliphatic heterocycles. The number of benzene rings is 1. The van der Waals surface area contributed by atoms with Gasteiger partial charge in [-0.25, -0.2) is 19.6 Å². The topological polar surface area (TPSA) is 120 Å². The zero-order valence-corrected chi connectivity index (χ0v) is 19.6. The Labute approximate surface area is 197 Å². The highest BCUT2D eigenvalue weighted by molar-refractivity contribution is 6.06. The molecule has 2 heterocycles. The number of nitrogens with one attached hydrogen (secondary N) is 1. The van der Waals surface area contributed by atoms with Crippen molar-refractivity contribution in [3.63, 3.8) is 0 Å². The summed E-state index contributed by atoms with van der Waals surface area (Å²) >= 11 is 0. The van der Waals surface area contributed by atoms with Crippen molar-refractivity contribution in [1.82, 2.24) is 9.97 Å². The molecule has 0 atom stereocenters. The van der Waals surface area contributed by atoms with Crippen LogP contribution >= 0.6 is 12.4 Å². The number of anilines is 2. The molecule has 0 saturated heterocycles. The first kappa shape index (κ1) is 25.7. The molecule has 0 bridgehead atoms. The highest BCUT2D eigenvalue weighted by Crippen LogP contribution is 2.33. The molecule has 0 aliphatic rings. The van der Waals surface area contributed by atoms with Crippen LogP contribution in [0.2, 0.25) is 0 Å². The molecular weight excluding hydrogens is 450 g/mol.